The first kappa shape index (κ1) is 25.7. The second kappa shape index (κ2) is 9.40. The van der Waals surface area contributed by atoms with Crippen LogP contribution >= 0.6 is 23.2 Å². The van der Waals surface area contributed by atoms with Crippen molar-refractivity contribution in [3.05, 3.63) is 130 Å². The van der Waals surface area contributed by atoms with Crippen LogP contribution in [-0.4, -0.2) is 23.6 Å². The fraction of sp³-hybridized carbons (Fsp3) is 0.152. The highest BCUT2D eigenvalue weighted by atomic mass is 35.5. The normalized spacial score (nSPS) is 24.9. The first-order valence-electron chi connectivity index (χ1n) is 13.2. The SMILES string of the molecule is O=C1[C@@H]2c3ccc(Cl)cc3[C@@H]3C(=O)N(c4ccccc4)C(=O)[C@@]3(Cc3ccc(Cl)cc3)[C@H]2C(=O)N1c1ccccc1. The number of para-hydroxylation sites is 2. The topological polar surface area (TPSA) is 74.8 Å². The van der Waals surface area contributed by atoms with E-state index in [0.717, 1.165) is 5.56 Å². The number of anilines is 2. The highest BCUT2D eigenvalue weighted by molar-refractivity contribution is 6.33. The van der Waals surface area contributed by atoms with E-state index in [-0.39, 0.29) is 6.42 Å². The fourth-order valence-corrected chi connectivity index (χ4v) is 7.27. The smallest absolute Gasteiger partial charge is 0.242 e. The molecule has 4 aromatic rings. The van der Waals surface area contributed by atoms with Crippen LogP contribution in [0.25, 0.3) is 0 Å². The molecular formula is C33H22Cl2N2O4. The molecule has 1 aliphatic carbocycles. The molecular weight excluding hydrogens is 559 g/mol. The quantitative estimate of drug-likeness (QED) is 0.271. The molecule has 0 saturated carbocycles. The van der Waals surface area contributed by atoms with Gasteiger partial charge in [0.1, 0.15) is 0 Å². The zero-order chi connectivity index (χ0) is 28.5. The van der Waals surface area contributed by atoms with E-state index in [0.29, 0.717) is 32.5 Å². The largest absolute Gasteiger partial charge is 0.274 e. The number of fused-ring (bicyclic) bond motifs is 6. The number of rotatable bonds is 4. The van der Waals surface area contributed by atoms with E-state index in [1.807, 2.05) is 0 Å². The molecule has 2 aliphatic heterocycles. The lowest BCUT2D eigenvalue weighted by Crippen LogP contribution is -2.51. The maximum absolute atomic E-state index is 14.8. The molecule has 6 nitrogen and oxygen atoms in total. The Morgan fingerprint density at radius 2 is 1.20 bits per heavy atom. The van der Waals surface area contributed by atoms with Crippen molar-refractivity contribution in [2.75, 3.05) is 9.80 Å². The zero-order valence-corrected chi connectivity index (χ0v) is 23.0. The van der Waals surface area contributed by atoms with Crippen molar-refractivity contribution < 1.29 is 19.2 Å². The molecule has 0 unspecified atom stereocenters. The molecule has 4 amide bonds. The lowest BCUT2D eigenvalue weighted by Gasteiger charge is -2.43. The van der Waals surface area contributed by atoms with Gasteiger partial charge in [0.05, 0.1) is 34.5 Å². The van der Waals surface area contributed by atoms with Crippen molar-refractivity contribution in [2.45, 2.75) is 18.3 Å². The third kappa shape index (κ3) is 3.64. The van der Waals surface area contributed by atoms with Gasteiger partial charge in [-0.2, -0.15) is 0 Å². The van der Waals surface area contributed by atoms with Gasteiger partial charge in [-0.1, -0.05) is 77.8 Å². The molecule has 4 aromatic carbocycles. The molecule has 3 aliphatic rings. The van der Waals surface area contributed by atoms with Gasteiger partial charge in [-0.25, -0.2) is 9.80 Å². The molecule has 2 fully saturated rings. The number of nitrogens with zero attached hydrogens (tertiary/aromatic N) is 2. The van der Waals surface area contributed by atoms with E-state index in [2.05, 4.69) is 0 Å². The number of hydrogen-bond donors (Lipinski definition) is 0. The number of halogens is 2. The van der Waals surface area contributed by atoms with Crippen LogP contribution < -0.4 is 9.80 Å². The van der Waals surface area contributed by atoms with Crippen LogP contribution in [0.3, 0.4) is 0 Å². The molecule has 0 aromatic heterocycles. The molecule has 0 bridgehead atoms. The number of amides is 4. The third-order valence-electron chi connectivity index (χ3n) is 8.58. The molecule has 0 N–H and O–H groups in total. The second-order valence-electron chi connectivity index (χ2n) is 10.7. The van der Waals surface area contributed by atoms with Crippen LogP contribution in [0.15, 0.2) is 103 Å². The predicted octanol–water partition coefficient (Wildman–Crippen LogP) is 6.17. The van der Waals surface area contributed by atoms with Crippen molar-refractivity contribution in [1.82, 2.24) is 0 Å². The zero-order valence-electron chi connectivity index (χ0n) is 21.5. The molecule has 4 atom stereocenters. The second-order valence-corrected chi connectivity index (χ2v) is 11.5. The summed E-state index contributed by atoms with van der Waals surface area (Å²) >= 11 is 12.6. The first-order valence-corrected chi connectivity index (χ1v) is 14.0. The predicted molar refractivity (Wildman–Crippen MR) is 156 cm³/mol. The van der Waals surface area contributed by atoms with Gasteiger partial charge < -0.3 is 0 Å². The highest BCUT2D eigenvalue weighted by Gasteiger charge is 2.73. The molecule has 41 heavy (non-hydrogen) atoms. The Morgan fingerprint density at radius 1 is 0.610 bits per heavy atom. The summed E-state index contributed by atoms with van der Waals surface area (Å²) in [5.41, 5.74) is 1.01. The van der Waals surface area contributed by atoms with Gasteiger partial charge in [-0.05, 0) is 71.6 Å². The molecule has 7 rings (SSSR count). The Bertz CT molecular complexity index is 1740. The number of imide groups is 2. The van der Waals surface area contributed by atoms with Gasteiger partial charge in [0.2, 0.25) is 23.6 Å². The van der Waals surface area contributed by atoms with Gasteiger partial charge in [-0.15, -0.1) is 0 Å². The summed E-state index contributed by atoms with van der Waals surface area (Å²) < 4.78 is 0. The van der Waals surface area contributed by atoms with Crippen LogP contribution in [0.2, 0.25) is 10.0 Å². The highest BCUT2D eigenvalue weighted by Crippen LogP contribution is 2.63. The number of carbonyl (C=O) groups is 4. The lowest BCUT2D eigenvalue weighted by molar-refractivity contribution is -0.138. The van der Waals surface area contributed by atoms with Crippen molar-refractivity contribution in [1.29, 1.82) is 0 Å². The summed E-state index contributed by atoms with van der Waals surface area (Å²) in [5, 5.41) is 0.890. The average molecular weight is 581 g/mol. The van der Waals surface area contributed by atoms with E-state index in [9.17, 15) is 19.2 Å². The summed E-state index contributed by atoms with van der Waals surface area (Å²) in [5.74, 6) is -5.00. The van der Waals surface area contributed by atoms with Gasteiger partial charge in [-0.3, -0.25) is 19.2 Å². The van der Waals surface area contributed by atoms with Crippen LogP contribution in [0.5, 0.6) is 0 Å². The Hall–Kier alpha value is -4.26. The molecule has 0 radical (unpaired) electrons. The van der Waals surface area contributed by atoms with Gasteiger partial charge in [0, 0.05) is 10.0 Å². The summed E-state index contributed by atoms with van der Waals surface area (Å²) in [6.45, 7) is 0. The molecule has 2 saturated heterocycles. The van der Waals surface area contributed by atoms with Crippen LogP contribution in [0, 0.1) is 11.3 Å². The monoisotopic (exact) mass is 580 g/mol. The fourth-order valence-electron chi connectivity index (χ4n) is 6.97. The summed E-state index contributed by atoms with van der Waals surface area (Å²) in [4.78, 5) is 60.3. The Morgan fingerprint density at radius 3 is 1.83 bits per heavy atom. The standard InChI is InChI=1S/C33H22Cl2N2O4/c34-20-13-11-19(12-14-20)18-33-27(30(39)37(32(33)41)23-9-5-2-6-10-23)25-17-21(35)15-16-24(25)26-28(33)31(40)36(29(26)38)22-7-3-1-4-8-22/h1-17,26-28H,18H2/t26-,27-,28-,33-/m1/s1. The van der Waals surface area contributed by atoms with Gasteiger partial charge in [0.15, 0.2) is 0 Å². The Kier molecular flexibility index (Phi) is 5.89. The number of benzene rings is 4. The summed E-state index contributed by atoms with van der Waals surface area (Å²) in [6, 6.07) is 29.4. The van der Waals surface area contributed by atoms with Crippen molar-refractivity contribution >= 4 is 58.2 Å². The van der Waals surface area contributed by atoms with Crippen LogP contribution in [-0.2, 0) is 25.6 Å². The average Bonchev–Trinajstić information content (AvgIpc) is 3.37. The molecule has 2 heterocycles. The Labute approximate surface area is 246 Å². The van der Waals surface area contributed by atoms with E-state index >= 15 is 0 Å². The van der Waals surface area contributed by atoms with Crippen LogP contribution in [0.4, 0.5) is 11.4 Å². The van der Waals surface area contributed by atoms with Crippen molar-refractivity contribution in [2.24, 2.45) is 11.3 Å². The third-order valence-corrected chi connectivity index (χ3v) is 9.07. The van der Waals surface area contributed by atoms with Gasteiger partial charge >= 0.3 is 0 Å². The minimum atomic E-state index is -1.58. The maximum Gasteiger partial charge on any atom is 0.242 e. The summed E-state index contributed by atoms with van der Waals surface area (Å²) in [6.07, 6.45) is 0.0531. The van der Waals surface area contributed by atoms with E-state index in [1.165, 1.54) is 9.80 Å². The number of carbonyl (C=O) groups excluding carboxylic acids is 4. The van der Waals surface area contributed by atoms with Gasteiger partial charge in [0.25, 0.3) is 0 Å². The van der Waals surface area contributed by atoms with E-state index < -0.39 is 46.8 Å². The van der Waals surface area contributed by atoms with Crippen molar-refractivity contribution in [3.8, 4) is 0 Å². The molecule has 202 valence electrons. The van der Waals surface area contributed by atoms with Crippen molar-refractivity contribution in [3.63, 3.8) is 0 Å². The van der Waals surface area contributed by atoms with E-state index in [4.69, 9.17) is 23.2 Å². The van der Waals surface area contributed by atoms with E-state index in [1.54, 1.807) is 103 Å². The lowest BCUT2D eigenvalue weighted by atomic mass is 9.54. The minimum absolute atomic E-state index is 0.0531. The minimum Gasteiger partial charge on any atom is -0.274 e. The Balaban J connectivity index is 1.52. The maximum atomic E-state index is 14.8. The number of hydrogen-bond acceptors (Lipinski definition) is 4. The summed E-state index contributed by atoms with van der Waals surface area (Å²) in [7, 11) is 0. The molecule has 0 spiro atoms. The first-order chi connectivity index (χ1) is 19.8. The van der Waals surface area contributed by atoms with Crippen LogP contribution in [0.1, 0.15) is 28.5 Å². The molecule has 8 heteroatoms.